The van der Waals surface area contributed by atoms with E-state index in [0.717, 1.165) is 16.6 Å². The molecule has 0 unspecified atom stereocenters. The number of piperazine rings is 1. The first-order chi connectivity index (χ1) is 15.3. The van der Waals surface area contributed by atoms with Gasteiger partial charge in [0.25, 0.3) is 15.8 Å². The number of hydrogen-bond donors (Lipinski definition) is 0. The van der Waals surface area contributed by atoms with E-state index in [0.29, 0.717) is 19.2 Å². The average Bonchev–Trinajstić information content (AvgIpc) is 2.71. The minimum Gasteiger partial charge on any atom is -0.362 e. The molecule has 0 N–H and O–H groups in total. The van der Waals surface area contributed by atoms with Gasteiger partial charge in [-0.2, -0.15) is 12.7 Å². The molecular formula is C16H24BrN5O9S2. The fourth-order valence-electron chi connectivity index (χ4n) is 3.24. The molecule has 0 aromatic heterocycles. The van der Waals surface area contributed by atoms with E-state index in [1.807, 2.05) is 11.9 Å². The summed E-state index contributed by atoms with van der Waals surface area (Å²) < 4.78 is 55.5. The Morgan fingerprint density at radius 1 is 1.06 bits per heavy atom. The van der Waals surface area contributed by atoms with Crippen molar-refractivity contribution in [3.63, 3.8) is 0 Å². The van der Waals surface area contributed by atoms with Gasteiger partial charge in [-0.3, -0.25) is 24.4 Å². The number of benzene rings is 1. The maximum absolute atomic E-state index is 13.5. The monoisotopic (exact) mass is 573 g/mol. The zero-order valence-electron chi connectivity index (χ0n) is 17.9. The second-order valence-corrected chi connectivity index (χ2v) is 11.6. The Balaban J connectivity index is 2.69. The van der Waals surface area contributed by atoms with Crippen LogP contribution >= 0.6 is 15.9 Å². The number of rotatable bonds is 11. The highest BCUT2D eigenvalue weighted by atomic mass is 79.9. The maximum Gasteiger partial charge on any atom is 0.300 e. The van der Waals surface area contributed by atoms with Crippen molar-refractivity contribution in [2.75, 3.05) is 69.4 Å². The van der Waals surface area contributed by atoms with Crippen LogP contribution in [0.5, 0.6) is 0 Å². The average molecular weight is 574 g/mol. The highest BCUT2D eigenvalue weighted by Gasteiger charge is 2.37. The third kappa shape index (κ3) is 7.03. The molecule has 1 heterocycles. The van der Waals surface area contributed by atoms with Crippen LogP contribution in [0.1, 0.15) is 0 Å². The molecule has 14 nitrogen and oxygen atoms in total. The Morgan fingerprint density at radius 3 is 2.15 bits per heavy atom. The van der Waals surface area contributed by atoms with E-state index in [9.17, 15) is 37.1 Å². The summed E-state index contributed by atoms with van der Waals surface area (Å²) in [5.41, 5.74) is -1.89. The van der Waals surface area contributed by atoms with Crippen molar-refractivity contribution in [3.05, 3.63) is 32.4 Å². The van der Waals surface area contributed by atoms with Crippen molar-refractivity contribution in [3.8, 4) is 0 Å². The highest BCUT2D eigenvalue weighted by Crippen LogP contribution is 2.40. The van der Waals surface area contributed by atoms with Gasteiger partial charge < -0.3 is 9.80 Å². The predicted octanol–water partition coefficient (Wildman–Crippen LogP) is 0.617. The molecule has 1 aliphatic heterocycles. The van der Waals surface area contributed by atoms with Crippen LogP contribution in [0.15, 0.2) is 17.0 Å². The number of halogens is 1. The largest absolute Gasteiger partial charge is 0.362 e. The summed E-state index contributed by atoms with van der Waals surface area (Å²) in [6, 6.07) is 1.49. The van der Waals surface area contributed by atoms with Gasteiger partial charge in [-0.05, 0) is 7.05 Å². The van der Waals surface area contributed by atoms with Crippen LogP contribution < -0.4 is 4.90 Å². The van der Waals surface area contributed by atoms with Gasteiger partial charge in [-0.25, -0.2) is 8.42 Å². The van der Waals surface area contributed by atoms with Gasteiger partial charge in [-0.1, -0.05) is 15.9 Å². The number of nitrogens with zero attached hydrogens (tertiary/aromatic N) is 5. The number of nitro groups is 2. The number of hydrogen-bond acceptors (Lipinski definition) is 11. The Labute approximate surface area is 199 Å². The molecule has 0 aliphatic carbocycles. The Bertz CT molecular complexity index is 1110. The van der Waals surface area contributed by atoms with Crippen LogP contribution in [0, 0.1) is 20.2 Å². The number of likely N-dealkylation sites (N-methyl/N-ethyl adjacent to an activating group) is 1. The quantitative estimate of drug-likeness (QED) is 0.157. The van der Waals surface area contributed by atoms with Gasteiger partial charge >= 0.3 is 5.69 Å². The summed E-state index contributed by atoms with van der Waals surface area (Å²) in [5.74, 6) is 0. The first kappa shape index (κ1) is 27.3. The molecule has 1 aromatic carbocycles. The SMILES string of the molecule is CN1CCN(S(=O)(=O)c2cc([N+](=O)[O-])cc([N+](=O)[O-])c2N(CCBr)CCOS(C)(=O)=O)CC1. The van der Waals surface area contributed by atoms with Crippen LogP contribution in [0.25, 0.3) is 0 Å². The van der Waals surface area contributed by atoms with Crippen LogP contribution in [0.4, 0.5) is 17.1 Å². The number of sulfonamides is 1. The molecular weight excluding hydrogens is 550 g/mol. The lowest BCUT2D eigenvalue weighted by Crippen LogP contribution is -2.47. The number of alkyl halides is 1. The third-order valence-corrected chi connectivity index (χ3v) is 7.72. The lowest BCUT2D eigenvalue weighted by atomic mass is 10.2. The number of non-ortho nitro benzene ring substituents is 1. The molecule has 0 saturated carbocycles. The fraction of sp³-hybridized carbons (Fsp3) is 0.625. The third-order valence-electron chi connectivity index (χ3n) is 4.86. The topological polar surface area (TPSA) is 174 Å². The molecule has 1 aromatic rings. The second-order valence-electron chi connectivity index (χ2n) is 7.24. The number of anilines is 1. The van der Waals surface area contributed by atoms with E-state index in [1.165, 1.54) is 4.90 Å². The maximum atomic E-state index is 13.5. The van der Waals surface area contributed by atoms with Crippen molar-refractivity contribution in [1.29, 1.82) is 0 Å². The van der Waals surface area contributed by atoms with E-state index >= 15 is 0 Å². The standard InChI is InChI=1S/C16H24BrN5O9S2/c1-18-5-7-20(8-6-18)33(29,30)15-12-13(21(23)24)11-14(22(25)26)16(15)19(4-3-17)9-10-31-32(2,27)28/h11-12H,3-10H2,1-2H3. The van der Waals surface area contributed by atoms with Crippen molar-refractivity contribution in [1.82, 2.24) is 9.21 Å². The smallest absolute Gasteiger partial charge is 0.300 e. The summed E-state index contributed by atoms with van der Waals surface area (Å²) in [4.78, 5) is 24.0. The van der Waals surface area contributed by atoms with E-state index in [4.69, 9.17) is 4.18 Å². The van der Waals surface area contributed by atoms with Gasteiger partial charge in [0, 0.05) is 50.7 Å². The second kappa shape index (κ2) is 11.0. The molecule has 33 heavy (non-hydrogen) atoms. The normalized spacial score (nSPS) is 16.0. The molecule has 1 aliphatic rings. The molecule has 1 fully saturated rings. The van der Waals surface area contributed by atoms with Gasteiger partial charge in [0.1, 0.15) is 10.6 Å². The molecule has 17 heteroatoms. The zero-order chi connectivity index (χ0) is 25.0. The molecule has 1 saturated heterocycles. The van der Waals surface area contributed by atoms with E-state index in [2.05, 4.69) is 15.9 Å². The summed E-state index contributed by atoms with van der Waals surface area (Å²) in [5, 5.41) is 23.5. The van der Waals surface area contributed by atoms with E-state index in [-0.39, 0.29) is 37.2 Å². The van der Waals surface area contributed by atoms with Crippen molar-refractivity contribution in [2.45, 2.75) is 4.90 Å². The molecule has 0 spiro atoms. The molecule has 0 radical (unpaired) electrons. The van der Waals surface area contributed by atoms with Crippen molar-refractivity contribution >= 4 is 53.1 Å². The highest BCUT2D eigenvalue weighted by molar-refractivity contribution is 9.09. The van der Waals surface area contributed by atoms with Crippen LogP contribution in [-0.2, 0) is 24.3 Å². The first-order valence-corrected chi connectivity index (χ1v) is 14.0. The minimum absolute atomic E-state index is 0.0387. The summed E-state index contributed by atoms with van der Waals surface area (Å²) >= 11 is 3.19. The van der Waals surface area contributed by atoms with Gasteiger partial charge in [-0.15, -0.1) is 0 Å². The number of nitro benzene ring substituents is 2. The molecule has 0 amide bonds. The Morgan fingerprint density at radius 2 is 1.67 bits per heavy atom. The van der Waals surface area contributed by atoms with Crippen molar-refractivity contribution in [2.24, 2.45) is 0 Å². The predicted molar refractivity (Wildman–Crippen MR) is 123 cm³/mol. The molecule has 0 bridgehead atoms. The zero-order valence-corrected chi connectivity index (χ0v) is 21.1. The summed E-state index contributed by atoms with van der Waals surface area (Å²) in [7, 11) is -6.37. The Kier molecular flexibility index (Phi) is 9.11. The minimum atomic E-state index is -4.36. The van der Waals surface area contributed by atoms with E-state index < -0.39 is 52.9 Å². The molecule has 186 valence electrons. The summed E-state index contributed by atoms with van der Waals surface area (Å²) in [6.07, 6.45) is 0.833. The van der Waals surface area contributed by atoms with Gasteiger partial charge in [0.15, 0.2) is 0 Å². The van der Waals surface area contributed by atoms with Crippen LogP contribution in [0.2, 0.25) is 0 Å². The van der Waals surface area contributed by atoms with Crippen LogP contribution in [-0.4, -0.2) is 100 Å². The Hall–Kier alpha value is -1.92. The lowest BCUT2D eigenvalue weighted by molar-refractivity contribution is -0.394. The fourth-order valence-corrected chi connectivity index (χ4v) is 5.72. The van der Waals surface area contributed by atoms with Crippen molar-refractivity contribution < 1.29 is 30.9 Å². The summed E-state index contributed by atoms with van der Waals surface area (Å²) in [6.45, 7) is 0.445. The van der Waals surface area contributed by atoms with Gasteiger partial charge in [0.05, 0.1) is 28.8 Å². The molecule has 0 atom stereocenters. The van der Waals surface area contributed by atoms with Gasteiger partial charge in [0.2, 0.25) is 10.0 Å². The van der Waals surface area contributed by atoms with E-state index in [1.54, 1.807) is 0 Å². The first-order valence-electron chi connectivity index (χ1n) is 9.58. The van der Waals surface area contributed by atoms with Crippen LogP contribution in [0.3, 0.4) is 0 Å². The molecule has 2 rings (SSSR count). The lowest BCUT2D eigenvalue weighted by Gasteiger charge is -2.33.